The molecular weight excluding hydrogens is 311 g/mol. The van der Waals surface area contributed by atoms with Crippen molar-refractivity contribution in [3.05, 3.63) is 35.9 Å². The van der Waals surface area contributed by atoms with Gasteiger partial charge in [0.1, 0.15) is 5.60 Å². The lowest BCUT2D eigenvalue weighted by Crippen LogP contribution is -2.51. The van der Waals surface area contributed by atoms with E-state index in [0.717, 1.165) is 10.5 Å². The Labute approximate surface area is 132 Å². The van der Waals surface area contributed by atoms with Gasteiger partial charge in [0, 0.05) is 13.0 Å². The molecule has 0 unspecified atom stereocenters. The van der Waals surface area contributed by atoms with Crippen LogP contribution in [0.3, 0.4) is 0 Å². The summed E-state index contributed by atoms with van der Waals surface area (Å²) in [5, 5.41) is 19.9. The molecule has 2 N–H and O–H groups in total. The molecule has 0 aromatic heterocycles. The van der Waals surface area contributed by atoms with E-state index in [4.69, 9.17) is 0 Å². The number of hydrogen-bond donors (Lipinski definition) is 2. The molecule has 1 aromatic carbocycles. The van der Waals surface area contributed by atoms with Crippen molar-refractivity contribution in [1.82, 2.24) is 4.90 Å². The Morgan fingerprint density at radius 3 is 2.43 bits per heavy atom. The third-order valence-electron chi connectivity index (χ3n) is 4.27. The topological polar surface area (TPSA) is 60.8 Å². The monoisotopic (exact) mass is 331 g/mol. The second-order valence-corrected chi connectivity index (χ2v) is 6.27. The average Bonchev–Trinajstić information content (AvgIpc) is 2.89. The molecule has 4 nitrogen and oxygen atoms in total. The van der Waals surface area contributed by atoms with Crippen LogP contribution in [0.25, 0.3) is 0 Å². The van der Waals surface area contributed by atoms with Crippen molar-refractivity contribution >= 4 is 5.91 Å². The number of aryl methyl sites for hydroxylation is 1. The summed E-state index contributed by atoms with van der Waals surface area (Å²) in [5.74, 6) is -0.784. The largest absolute Gasteiger partial charge is 0.419 e. The summed E-state index contributed by atoms with van der Waals surface area (Å²) in [4.78, 5) is 13.2. The molecule has 0 spiro atoms. The minimum atomic E-state index is -4.79. The Balaban J connectivity index is 1.99. The highest BCUT2D eigenvalue weighted by molar-refractivity contribution is 5.85. The van der Waals surface area contributed by atoms with Crippen LogP contribution in [0.4, 0.5) is 13.2 Å². The SMILES string of the molecule is C[C@@](O)(CCc1ccccc1)C(=O)N1CC[C@](O)(C(F)(F)F)C1. The lowest BCUT2D eigenvalue weighted by Gasteiger charge is -2.30. The van der Waals surface area contributed by atoms with E-state index in [1.54, 1.807) is 0 Å². The maximum Gasteiger partial charge on any atom is 0.419 e. The molecule has 1 aliphatic heterocycles. The number of hydrogen-bond acceptors (Lipinski definition) is 3. The third kappa shape index (κ3) is 3.84. The Morgan fingerprint density at radius 2 is 1.91 bits per heavy atom. The number of carbonyl (C=O) groups is 1. The van der Waals surface area contributed by atoms with Gasteiger partial charge in [-0.05, 0) is 25.3 Å². The van der Waals surface area contributed by atoms with Crippen molar-refractivity contribution in [2.75, 3.05) is 13.1 Å². The number of alkyl halides is 3. The Kier molecular flexibility index (Phi) is 4.73. The zero-order valence-corrected chi connectivity index (χ0v) is 12.8. The van der Waals surface area contributed by atoms with Crippen LogP contribution in [0.15, 0.2) is 30.3 Å². The van der Waals surface area contributed by atoms with E-state index in [1.807, 2.05) is 30.3 Å². The van der Waals surface area contributed by atoms with Crippen molar-refractivity contribution in [2.45, 2.75) is 43.6 Å². The molecule has 128 valence electrons. The molecule has 1 aliphatic rings. The molecule has 1 aromatic rings. The number of nitrogens with zero attached hydrogens (tertiary/aromatic N) is 1. The number of benzene rings is 1. The minimum absolute atomic E-state index is 0.0940. The highest BCUT2D eigenvalue weighted by Gasteiger charge is 2.58. The standard InChI is InChI=1S/C16H20F3NO3/c1-14(22,8-7-12-5-3-2-4-6-12)13(21)20-10-9-15(23,11-20)16(17,18)19/h2-6,22-23H,7-11H2,1H3/t14-,15-/m1/s1. The van der Waals surface area contributed by atoms with Gasteiger partial charge in [-0.25, -0.2) is 0 Å². The summed E-state index contributed by atoms with van der Waals surface area (Å²) in [7, 11) is 0. The number of likely N-dealkylation sites (tertiary alicyclic amines) is 1. The lowest BCUT2D eigenvalue weighted by atomic mass is 9.95. The van der Waals surface area contributed by atoms with E-state index in [-0.39, 0.29) is 13.0 Å². The van der Waals surface area contributed by atoms with Crippen LogP contribution in [0, 0.1) is 0 Å². The summed E-state index contributed by atoms with van der Waals surface area (Å²) >= 11 is 0. The summed E-state index contributed by atoms with van der Waals surface area (Å²) in [5.41, 5.74) is -3.74. The molecule has 0 saturated carbocycles. The smallest absolute Gasteiger partial charge is 0.380 e. The van der Waals surface area contributed by atoms with Gasteiger partial charge in [-0.1, -0.05) is 30.3 Å². The predicted octanol–water partition coefficient (Wildman–Crippen LogP) is 1.90. The molecule has 0 bridgehead atoms. The Morgan fingerprint density at radius 1 is 1.30 bits per heavy atom. The highest BCUT2D eigenvalue weighted by atomic mass is 19.4. The molecule has 1 fully saturated rings. The van der Waals surface area contributed by atoms with Gasteiger partial charge in [-0.2, -0.15) is 13.2 Å². The number of aliphatic hydroxyl groups is 2. The van der Waals surface area contributed by atoms with Crippen LogP contribution in [0.2, 0.25) is 0 Å². The number of halogens is 3. The van der Waals surface area contributed by atoms with Crippen LogP contribution in [-0.2, 0) is 11.2 Å². The molecule has 1 heterocycles. The molecule has 1 amide bonds. The maximum absolute atomic E-state index is 12.8. The van der Waals surface area contributed by atoms with Gasteiger partial charge in [-0.15, -0.1) is 0 Å². The Bertz CT molecular complexity index is 559. The van der Waals surface area contributed by atoms with E-state index in [0.29, 0.717) is 6.42 Å². The summed E-state index contributed by atoms with van der Waals surface area (Å²) in [6.45, 7) is 0.233. The zero-order chi connectivity index (χ0) is 17.3. The van der Waals surface area contributed by atoms with Crippen LogP contribution < -0.4 is 0 Å². The van der Waals surface area contributed by atoms with E-state index in [2.05, 4.69) is 0 Å². The van der Waals surface area contributed by atoms with E-state index in [9.17, 15) is 28.2 Å². The second kappa shape index (κ2) is 6.13. The first-order valence-electron chi connectivity index (χ1n) is 7.40. The van der Waals surface area contributed by atoms with Crippen LogP contribution >= 0.6 is 0 Å². The number of rotatable bonds is 4. The molecule has 0 aliphatic carbocycles. The number of amides is 1. The minimum Gasteiger partial charge on any atom is -0.380 e. The van der Waals surface area contributed by atoms with E-state index < -0.39 is 36.3 Å². The molecule has 7 heteroatoms. The lowest BCUT2D eigenvalue weighted by molar-refractivity contribution is -0.253. The third-order valence-corrected chi connectivity index (χ3v) is 4.27. The predicted molar refractivity (Wildman–Crippen MR) is 77.6 cm³/mol. The number of carbonyl (C=O) groups excluding carboxylic acids is 1. The van der Waals surface area contributed by atoms with E-state index in [1.165, 1.54) is 6.92 Å². The molecular formula is C16H20F3NO3. The molecule has 2 atom stereocenters. The quantitative estimate of drug-likeness (QED) is 0.886. The second-order valence-electron chi connectivity index (χ2n) is 6.27. The first-order chi connectivity index (χ1) is 10.6. The maximum atomic E-state index is 12.8. The fraction of sp³-hybridized carbons (Fsp3) is 0.562. The molecule has 0 radical (unpaired) electrons. The van der Waals surface area contributed by atoms with Crippen LogP contribution in [0.5, 0.6) is 0 Å². The van der Waals surface area contributed by atoms with Gasteiger partial charge in [0.2, 0.25) is 0 Å². The Hall–Kier alpha value is -1.60. The van der Waals surface area contributed by atoms with Gasteiger partial charge >= 0.3 is 6.18 Å². The average molecular weight is 331 g/mol. The van der Waals surface area contributed by atoms with Gasteiger partial charge in [0.05, 0.1) is 6.54 Å². The van der Waals surface area contributed by atoms with Crippen molar-refractivity contribution in [1.29, 1.82) is 0 Å². The van der Waals surface area contributed by atoms with E-state index >= 15 is 0 Å². The first-order valence-corrected chi connectivity index (χ1v) is 7.40. The molecule has 23 heavy (non-hydrogen) atoms. The van der Waals surface area contributed by atoms with Crippen LogP contribution in [0.1, 0.15) is 25.3 Å². The van der Waals surface area contributed by atoms with Crippen molar-refractivity contribution in [3.63, 3.8) is 0 Å². The van der Waals surface area contributed by atoms with Crippen LogP contribution in [-0.4, -0.2) is 51.5 Å². The molecule has 1 saturated heterocycles. The van der Waals surface area contributed by atoms with Gasteiger partial charge in [0.25, 0.3) is 5.91 Å². The summed E-state index contributed by atoms with van der Waals surface area (Å²) in [6.07, 6.45) is -4.84. The summed E-state index contributed by atoms with van der Waals surface area (Å²) in [6, 6.07) is 9.19. The molecule has 2 rings (SSSR count). The fourth-order valence-electron chi connectivity index (χ4n) is 2.68. The van der Waals surface area contributed by atoms with Crippen molar-refractivity contribution < 1.29 is 28.2 Å². The highest BCUT2D eigenvalue weighted by Crippen LogP contribution is 2.38. The first kappa shape index (κ1) is 17.7. The van der Waals surface area contributed by atoms with Gasteiger partial charge in [-0.3, -0.25) is 4.79 Å². The zero-order valence-electron chi connectivity index (χ0n) is 12.8. The van der Waals surface area contributed by atoms with Gasteiger partial charge < -0.3 is 15.1 Å². The normalized spacial score (nSPS) is 24.5. The van der Waals surface area contributed by atoms with Crippen molar-refractivity contribution in [2.24, 2.45) is 0 Å². The fourth-order valence-corrected chi connectivity index (χ4v) is 2.68. The van der Waals surface area contributed by atoms with Crippen molar-refractivity contribution in [3.8, 4) is 0 Å². The number of β-amino-alcohol motifs (C(OH)–C–C–N with tert-alkyl or cyclic N) is 1. The van der Waals surface area contributed by atoms with Gasteiger partial charge in [0.15, 0.2) is 5.60 Å². The summed E-state index contributed by atoms with van der Waals surface area (Å²) < 4.78 is 38.4.